The third-order valence-electron chi connectivity index (χ3n) is 4.79. The molecule has 2 aliphatic rings. The predicted octanol–water partition coefficient (Wildman–Crippen LogP) is 1.93. The molecule has 0 saturated carbocycles. The van der Waals surface area contributed by atoms with Crippen LogP contribution >= 0.6 is 0 Å². The van der Waals surface area contributed by atoms with Gasteiger partial charge in [-0.2, -0.15) is 0 Å². The van der Waals surface area contributed by atoms with E-state index < -0.39 is 0 Å². The van der Waals surface area contributed by atoms with Gasteiger partial charge in [-0.15, -0.1) is 0 Å². The summed E-state index contributed by atoms with van der Waals surface area (Å²) in [6, 6.07) is 0.988. The first kappa shape index (κ1) is 14.4. The number of carbonyl (C=O) groups is 1. The maximum absolute atomic E-state index is 11.4. The monoisotopic (exact) mass is 288 g/mol. The van der Waals surface area contributed by atoms with Crippen molar-refractivity contribution in [3.05, 3.63) is 23.8 Å². The molecule has 2 fully saturated rings. The van der Waals surface area contributed by atoms with Crippen molar-refractivity contribution < 1.29 is 4.79 Å². The van der Waals surface area contributed by atoms with Gasteiger partial charge in [0.05, 0.1) is 17.4 Å². The molecule has 1 atom stereocenters. The maximum atomic E-state index is 11.4. The number of rotatable bonds is 2. The van der Waals surface area contributed by atoms with E-state index in [1.807, 2.05) is 24.2 Å². The first-order valence-electron chi connectivity index (χ1n) is 7.95. The van der Waals surface area contributed by atoms with Gasteiger partial charge in [-0.05, 0) is 39.2 Å². The summed E-state index contributed by atoms with van der Waals surface area (Å²) in [5, 5.41) is 0. The zero-order chi connectivity index (χ0) is 14.8. The molecule has 0 aromatic carbocycles. The highest BCUT2D eigenvalue weighted by atomic mass is 16.2. The van der Waals surface area contributed by atoms with Gasteiger partial charge in [-0.1, -0.05) is 0 Å². The van der Waals surface area contributed by atoms with Crippen LogP contribution in [-0.4, -0.2) is 51.4 Å². The van der Waals surface area contributed by atoms with Crippen LogP contribution in [0.3, 0.4) is 0 Å². The summed E-state index contributed by atoms with van der Waals surface area (Å²) >= 11 is 0. The lowest BCUT2D eigenvalue weighted by Crippen LogP contribution is -2.46. The fourth-order valence-corrected chi connectivity index (χ4v) is 3.70. The Morgan fingerprint density at radius 3 is 2.62 bits per heavy atom. The summed E-state index contributed by atoms with van der Waals surface area (Å²) in [5.74, 6) is 0.205. The predicted molar refractivity (Wildman–Crippen MR) is 80.7 cm³/mol. The highest BCUT2D eigenvalue weighted by Gasteiger charge is 2.34. The molecule has 2 saturated heterocycles. The van der Waals surface area contributed by atoms with E-state index in [0.29, 0.717) is 12.1 Å². The number of hydrogen-bond donors (Lipinski definition) is 0. The second kappa shape index (κ2) is 6.10. The third kappa shape index (κ3) is 3.07. The van der Waals surface area contributed by atoms with Gasteiger partial charge in [0.2, 0.25) is 5.91 Å². The van der Waals surface area contributed by atoms with Crippen LogP contribution < -0.4 is 0 Å². The van der Waals surface area contributed by atoms with Crippen LogP contribution in [0.15, 0.2) is 12.4 Å². The van der Waals surface area contributed by atoms with Crippen molar-refractivity contribution in [3.8, 4) is 0 Å². The molecule has 5 heteroatoms. The number of hydrogen-bond acceptors (Lipinski definition) is 4. The van der Waals surface area contributed by atoms with E-state index in [2.05, 4.69) is 14.9 Å². The molecule has 3 heterocycles. The zero-order valence-corrected chi connectivity index (χ0v) is 13.0. The molecule has 1 aromatic heterocycles. The topological polar surface area (TPSA) is 49.3 Å². The van der Waals surface area contributed by atoms with Crippen molar-refractivity contribution >= 4 is 5.91 Å². The third-order valence-corrected chi connectivity index (χ3v) is 4.79. The Bertz CT molecular complexity index is 511. The van der Waals surface area contributed by atoms with Gasteiger partial charge < -0.3 is 4.90 Å². The number of carbonyl (C=O) groups excluding carboxylic acids is 1. The Morgan fingerprint density at radius 1 is 1.19 bits per heavy atom. The van der Waals surface area contributed by atoms with Crippen LogP contribution in [0.5, 0.6) is 0 Å². The second-order valence-corrected chi connectivity index (χ2v) is 6.22. The van der Waals surface area contributed by atoms with Crippen molar-refractivity contribution in [2.45, 2.75) is 51.6 Å². The van der Waals surface area contributed by atoms with E-state index in [0.717, 1.165) is 43.9 Å². The molecule has 0 spiro atoms. The van der Waals surface area contributed by atoms with E-state index in [1.165, 1.54) is 12.8 Å². The smallest absolute Gasteiger partial charge is 0.219 e. The van der Waals surface area contributed by atoms with Crippen LogP contribution in [-0.2, 0) is 4.79 Å². The summed E-state index contributed by atoms with van der Waals surface area (Å²) in [5.41, 5.74) is 2.10. The first-order valence-corrected chi connectivity index (χ1v) is 7.95. The molecule has 1 aromatic rings. The summed E-state index contributed by atoms with van der Waals surface area (Å²) in [6.45, 7) is 6.60. The van der Waals surface area contributed by atoms with Crippen LogP contribution in [0.1, 0.15) is 50.0 Å². The highest BCUT2D eigenvalue weighted by molar-refractivity contribution is 5.73. The van der Waals surface area contributed by atoms with Gasteiger partial charge in [0.1, 0.15) is 0 Å². The van der Waals surface area contributed by atoms with Crippen molar-refractivity contribution in [2.24, 2.45) is 0 Å². The van der Waals surface area contributed by atoms with Crippen molar-refractivity contribution in [1.29, 1.82) is 0 Å². The molecule has 0 aliphatic carbocycles. The lowest BCUT2D eigenvalue weighted by atomic mass is 10.0. The van der Waals surface area contributed by atoms with Crippen LogP contribution in [0.25, 0.3) is 0 Å². The Morgan fingerprint density at radius 2 is 1.95 bits per heavy atom. The average molecular weight is 288 g/mol. The molecular formula is C16H24N4O. The van der Waals surface area contributed by atoms with Gasteiger partial charge in [0, 0.05) is 38.4 Å². The normalized spacial score (nSPS) is 24.5. The molecular weight excluding hydrogens is 264 g/mol. The highest BCUT2D eigenvalue weighted by Crippen LogP contribution is 2.35. The SMILES string of the molecule is CC(=O)N1CCC(N2CCCC2c2cncc(C)n2)CC1. The summed E-state index contributed by atoms with van der Waals surface area (Å²) < 4.78 is 0. The molecule has 3 rings (SSSR count). The van der Waals surface area contributed by atoms with Gasteiger partial charge in [-0.25, -0.2) is 0 Å². The van der Waals surface area contributed by atoms with Gasteiger partial charge in [0.15, 0.2) is 0 Å². The maximum Gasteiger partial charge on any atom is 0.219 e. The lowest BCUT2D eigenvalue weighted by molar-refractivity contribution is -0.130. The Hall–Kier alpha value is -1.49. The number of likely N-dealkylation sites (tertiary alicyclic amines) is 2. The lowest BCUT2D eigenvalue weighted by Gasteiger charge is -2.39. The first-order chi connectivity index (χ1) is 10.1. The van der Waals surface area contributed by atoms with Crippen molar-refractivity contribution in [2.75, 3.05) is 19.6 Å². The Labute approximate surface area is 126 Å². The molecule has 1 amide bonds. The van der Waals surface area contributed by atoms with Gasteiger partial charge in [0.25, 0.3) is 0 Å². The number of aryl methyl sites for hydroxylation is 1. The number of nitrogens with zero attached hydrogens (tertiary/aromatic N) is 4. The largest absolute Gasteiger partial charge is 0.343 e. The fraction of sp³-hybridized carbons (Fsp3) is 0.688. The molecule has 0 bridgehead atoms. The van der Waals surface area contributed by atoms with Gasteiger partial charge in [-0.3, -0.25) is 19.7 Å². The fourth-order valence-electron chi connectivity index (χ4n) is 3.70. The van der Waals surface area contributed by atoms with E-state index >= 15 is 0 Å². The van der Waals surface area contributed by atoms with E-state index in [9.17, 15) is 4.79 Å². The molecule has 21 heavy (non-hydrogen) atoms. The molecule has 114 valence electrons. The second-order valence-electron chi connectivity index (χ2n) is 6.22. The van der Waals surface area contributed by atoms with Crippen LogP contribution in [0.4, 0.5) is 0 Å². The molecule has 2 aliphatic heterocycles. The average Bonchev–Trinajstić information content (AvgIpc) is 2.97. The minimum Gasteiger partial charge on any atom is -0.343 e. The van der Waals surface area contributed by atoms with E-state index in [4.69, 9.17) is 0 Å². The zero-order valence-electron chi connectivity index (χ0n) is 13.0. The number of piperidine rings is 1. The number of aromatic nitrogens is 2. The molecule has 0 radical (unpaired) electrons. The van der Waals surface area contributed by atoms with E-state index in [-0.39, 0.29) is 5.91 Å². The minimum atomic E-state index is 0.205. The van der Waals surface area contributed by atoms with Gasteiger partial charge >= 0.3 is 0 Å². The van der Waals surface area contributed by atoms with Crippen molar-refractivity contribution in [3.63, 3.8) is 0 Å². The Kier molecular flexibility index (Phi) is 4.19. The van der Waals surface area contributed by atoms with Crippen molar-refractivity contribution in [1.82, 2.24) is 19.8 Å². The summed E-state index contributed by atoms with van der Waals surface area (Å²) in [7, 11) is 0. The molecule has 1 unspecified atom stereocenters. The standard InChI is InChI=1S/C16H24N4O/c1-12-10-17-11-15(18-12)16-4-3-7-20(16)14-5-8-19(9-6-14)13(2)21/h10-11,14,16H,3-9H2,1-2H3. The molecule has 0 N–H and O–H groups in total. The Balaban J connectivity index is 1.69. The van der Waals surface area contributed by atoms with Crippen LogP contribution in [0.2, 0.25) is 0 Å². The van der Waals surface area contributed by atoms with Crippen LogP contribution in [0, 0.1) is 6.92 Å². The summed E-state index contributed by atoms with van der Waals surface area (Å²) in [4.78, 5) is 25.0. The summed E-state index contributed by atoms with van der Waals surface area (Å²) in [6.07, 6.45) is 8.29. The number of amides is 1. The quantitative estimate of drug-likeness (QED) is 0.834. The van der Waals surface area contributed by atoms with E-state index in [1.54, 1.807) is 6.92 Å². The molecule has 5 nitrogen and oxygen atoms in total. The minimum absolute atomic E-state index is 0.205.